The first-order valence-corrected chi connectivity index (χ1v) is 21.6. The van der Waals surface area contributed by atoms with Gasteiger partial charge in [0.15, 0.2) is 23.6 Å². The third-order valence-electron chi connectivity index (χ3n) is 13.2. The first kappa shape index (κ1) is 46.2. The SMILES string of the molecule is CC(=O)O[C@H]1C(=O)[C@@]2(C)[C@H]([C@H](OC(=O)C3=CC=CC(C)C3)[C@]3(O)C[C@H](OC(=O)[C@H](O)[C@@H](NC(=O)SCC(C)C)c4ccco4)C(C)=C1C3(C)C)[C@]1(OC(C)=O)CO[C@@H]1C[C@@H]2O. The molecule has 17 heteroatoms. The molecular formula is C44H57NO15S. The van der Waals surface area contributed by atoms with Gasteiger partial charge in [0.1, 0.15) is 35.7 Å². The van der Waals surface area contributed by atoms with Crippen LogP contribution in [0.1, 0.15) is 93.4 Å². The Morgan fingerprint density at radius 2 is 1.77 bits per heavy atom. The summed E-state index contributed by atoms with van der Waals surface area (Å²) in [5, 5.41) is 39.4. The van der Waals surface area contributed by atoms with E-state index in [1.165, 1.54) is 32.2 Å². The largest absolute Gasteiger partial charge is 0.467 e. The molecule has 5 aliphatic rings. The Labute approximate surface area is 358 Å². The predicted molar refractivity (Wildman–Crippen MR) is 217 cm³/mol. The zero-order valence-corrected chi connectivity index (χ0v) is 36.7. The van der Waals surface area contributed by atoms with E-state index in [2.05, 4.69) is 5.32 Å². The van der Waals surface area contributed by atoms with Crippen molar-refractivity contribution in [3.8, 4) is 0 Å². The van der Waals surface area contributed by atoms with Gasteiger partial charge in [-0.2, -0.15) is 0 Å². The quantitative estimate of drug-likeness (QED) is 0.139. The number of amides is 1. The number of esters is 4. The van der Waals surface area contributed by atoms with E-state index < -0.39 is 112 Å². The fraction of sp³-hybridized carbons (Fsp3) is 0.636. The number of carbonyl (C=O) groups excluding carboxylic acids is 6. The molecule has 1 aliphatic heterocycles. The molecule has 2 saturated carbocycles. The van der Waals surface area contributed by atoms with Crippen molar-refractivity contribution in [3.63, 3.8) is 0 Å². The van der Waals surface area contributed by atoms with Gasteiger partial charge in [-0.25, -0.2) is 9.59 Å². The normalized spacial score (nSPS) is 34.9. The molecule has 0 spiro atoms. The van der Waals surface area contributed by atoms with Crippen molar-refractivity contribution in [3.05, 3.63) is 59.1 Å². The number of carbonyl (C=O) groups is 6. The molecule has 4 N–H and O–H groups in total. The molecule has 1 aromatic rings. The second kappa shape index (κ2) is 17.1. The monoisotopic (exact) mass is 871 g/mol. The van der Waals surface area contributed by atoms with Crippen LogP contribution in [0.4, 0.5) is 4.79 Å². The van der Waals surface area contributed by atoms with Crippen LogP contribution in [-0.2, 0) is 47.7 Å². The molecular weight excluding hydrogens is 815 g/mol. The smallest absolute Gasteiger partial charge is 0.338 e. The average molecular weight is 872 g/mol. The van der Waals surface area contributed by atoms with Gasteiger partial charge < -0.3 is 48.7 Å². The number of allylic oxidation sites excluding steroid dienone is 3. The molecule has 3 fully saturated rings. The van der Waals surface area contributed by atoms with E-state index in [0.717, 1.165) is 25.6 Å². The summed E-state index contributed by atoms with van der Waals surface area (Å²) in [7, 11) is 0. The lowest BCUT2D eigenvalue weighted by atomic mass is 9.44. The van der Waals surface area contributed by atoms with Gasteiger partial charge in [-0.05, 0) is 55.4 Å². The highest BCUT2D eigenvalue weighted by molar-refractivity contribution is 8.13. The van der Waals surface area contributed by atoms with E-state index >= 15 is 4.79 Å². The molecule has 4 aliphatic carbocycles. The van der Waals surface area contributed by atoms with Crippen LogP contribution in [0.2, 0.25) is 0 Å². The highest BCUT2D eigenvalue weighted by atomic mass is 32.2. The van der Waals surface area contributed by atoms with E-state index in [-0.39, 0.29) is 53.8 Å². The minimum absolute atomic E-state index is 0.00425. The second-order valence-electron chi connectivity index (χ2n) is 18.1. The molecule has 334 valence electrons. The van der Waals surface area contributed by atoms with Crippen LogP contribution in [-0.4, -0.2) is 110 Å². The number of hydrogen-bond acceptors (Lipinski definition) is 16. The van der Waals surface area contributed by atoms with Crippen LogP contribution in [0.5, 0.6) is 0 Å². The van der Waals surface area contributed by atoms with E-state index in [0.29, 0.717) is 5.75 Å². The van der Waals surface area contributed by atoms with Gasteiger partial charge in [0, 0.05) is 43.4 Å². The van der Waals surface area contributed by atoms with Crippen molar-refractivity contribution in [2.75, 3.05) is 12.4 Å². The highest BCUT2D eigenvalue weighted by Gasteiger charge is 2.78. The first-order valence-electron chi connectivity index (χ1n) is 20.6. The number of aliphatic hydroxyl groups excluding tert-OH is 2. The zero-order valence-electron chi connectivity index (χ0n) is 35.9. The Hall–Kier alpha value is -4.29. The summed E-state index contributed by atoms with van der Waals surface area (Å²) in [6.45, 7) is 13.8. The lowest BCUT2D eigenvalue weighted by molar-refractivity contribution is -0.347. The minimum Gasteiger partial charge on any atom is -0.467 e. The van der Waals surface area contributed by atoms with Gasteiger partial charge in [-0.3, -0.25) is 19.2 Å². The van der Waals surface area contributed by atoms with E-state index in [9.17, 15) is 39.3 Å². The molecule has 0 aromatic carbocycles. The molecule has 2 heterocycles. The molecule has 0 radical (unpaired) electrons. The molecule has 1 amide bonds. The number of hydrogen-bond donors (Lipinski definition) is 4. The van der Waals surface area contributed by atoms with Crippen LogP contribution >= 0.6 is 11.8 Å². The summed E-state index contributed by atoms with van der Waals surface area (Å²) < 4.78 is 35.8. The van der Waals surface area contributed by atoms with Gasteiger partial charge in [0.05, 0.1) is 30.3 Å². The number of nitrogens with one attached hydrogen (secondary N) is 1. The van der Waals surface area contributed by atoms with Gasteiger partial charge in [-0.15, -0.1) is 0 Å². The zero-order chi connectivity index (χ0) is 45.0. The van der Waals surface area contributed by atoms with Crippen molar-refractivity contribution >= 4 is 46.7 Å². The maximum atomic E-state index is 15.5. The molecule has 2 bridgehead atoms. The highest BCUT2D eigenvalue weighted by Crippen LogP contribution is 2.64. The maximum absolute atomic E-state index is 15.5. The summed E-state index contributed by atoms with van der Waals surface area (Å²) in [4.78, 5) is 83.0. The van der Waals surface area contributed by atoms with E-state index in [1.54, 1.807) is 26.0 Å². The van der Waals surface area contributed by atoms with Crippen molar-refractivity contribution in [2.24, 2.45) is 28.6 Å². The number of ether oxygens (including phenoxy) is 5. The van der Waals surface area contributed by atoms with Crippen LogP contribution < -0.4 is 5.32 Å². The molecule has 1 aromatic heterocycles. The summed E-state index contributed by atoms with van der Waals surface area (Å²) in [5.74, 6) is -5.55. The van der Waals surface area contributed by atoms with Crippen LogP contribution in [0.15, 0.2) is 57.8 Å². The van der Waals surface area contributed by atoms with Gasteiger partial charge in [0.25, 0.3) is 5.24 Å². The van der Waals surface area contributed by atoms with Crippen LogP contribution in [0.25, 0.3) is 0 Å². The Bertz CT molecular complexity index is 2020. The van der Waals surface area contributed by atoms with Gasteiger partial charge in [-0.1, -0.05) is 64.6 Å². The van der Waals surface area contributed by atoms with Gasteiger partial charge in [0.2, 0.25) is 0 Å². The third-order valence-corrected chi connectivity index (χ3v) is 14.4. The Balaban J connectivity index is 1.52. The molecule has 16 nitrogen and oxygen atoms in total. The summed E-state index contributed by atoms with van der Waals surface area (Å²) in [6.07, 6.45) is -3.70. The number of Topliss-reactive ketones (excluding diaryl/α,β-unsaturated/α-hetero) is 1. The Kier molecular flexibility index (Phi) is 13.0. The minimum atomic E-state index is -2.37. The number of furan rings is 1. The number of ketones is 1. The molecule has 61 heavy (non-hydrogen) atoms. The molecule has 1 saturated heterocycles. The predicted octanol–water partition coefficient (Wildman–Crippen LogP) is 4.21. The topological polar surface area (TPSA) is 234 Å². The van der Waals surface area contributed by atoms with Crippen molar-refractivity contribution in [1.29, 1.82) is 0 Å². The van der Waals surface area contributed by atoms with Crippen molar-refractivity contribution < 1.29 is 72.2 Å². The fourth-order valence-electron chi connectivity index (χ4n) is 9.98. The molecule has 6 rings (SSSR count). The standard InChI is InChI=1S/C44H57NO15S/c1-21(2)19-61-40(53)45-32(27-14-11-15-55-27)33(49)39(52)58-28-18-44(54)37(59-38(51)26-13-10-12-22(3)16-26)35-42(9,29(48)17-30-43(35,20-56-30)60-25(6)47)36(50)34(57-24(5)46)31(23(28)4)41(44,7)8/h10-15,21-22,28-30,32-35,37,48-49,54H,16-20H2,1-9H3,(H,45,53)/t22?,28-,29-,30+,32-,33+,34+,35-,37-,42+,43-,44+/m0/s1. The third kappa shape index (κ3) is 8.12. The van der Waals surface area contributed by atoms with E-state index in [1.807, 2.05) is 26.8 Å². The fourth-order valence-corrected chi connectivity index (χ4v) is 10.7. The van der Waals surface area contributed by atoms with Crippen molar-refractivity contribution in [1.82, 2.24) is 5.32 Å². The molecule has 1 unspecified atom stereocenters. The number of thioether (sulfide) groups is 1. The Morgan fingerprint density at radius 1 is 1.07 bits per heavy atom. The second-order valence-corrected chi connectivity index (χ2v) is 19.1. The number of fused-ring (bicyclic) bond motifs is 5. The summed E-state index contributed by atoms with van der Waals surface area (Å²) in [6, 6.07) is 1.56. The lowest BCUT2D eigenvalue weighted by Crippen LogP contribution is -2.82. The van der Waals surface area contributed by atoms with Crippen LogP contribution in [0, 0.1) is 28.6 Å². The number of rotatable bonds is 11. The Morgan fingerprint density at radius 3 is 2.34 bits per heavy atom. The lowest BCUT2D eigenvalue weighted by Gasteiger charge is -2.67. The van der Waals surface area contributed by atoms with Crippen molar-refractivity contribution in [2.45, 2.75) is 135 Å². The van der Waals surface area contributed by atoms with Crippen LogP contribution in [0.3, 0.4) is 0 Å². The maximum Gasteiger partial charge on any atom is 0.338 e. The van der Waals surface area contributed by atoms with E-state index in [4.69, 9.17) is 28.1 Å². The first-order chi connectivity index (χ1) is 28.5. The number of aliphatic hydroxyl groups is 3. The summed E-state index contributed by atoms with van der Waals surface area (Å²) >= 11 is 0.952. The summed E-state index contributed by atoms with van der Waals surface area (Å²) in [5.41, 5.74) is -7.40. The molecule has 12 atom stereocenters. The average Bonchev–Trinajstić information content (AvgIpc) is 3.71. The van der Waals surface area contributed by atoms with Gasteiger partial charge >= 0.3 is 23.9 Å².